The number of amides is 2. The third kappa shape index (κ3) is 3.46. The first kappa shape index (κ1) is 19.4. The molecule has 0 radical (unpaired) electrons. The van der Waals surface area contributed by atoms with Crippen LogP contribution in [0, 0.1) is 11.7 Å². The number of hydrogen-bond acceptors (Lipinski definition) is 4. The molecule has 0 unspecified atom stereocenters. The van der Waals surface area contributed by atoms with E-state index in [-0.39, 0.29) is 12.2 Å². The molecule has 3 aliphatic rings. The van der Waals surface area contributed by atoms with Crippen molar-refractivity contribution in [1.29, 1.82) is 0 Å². The first-order valence-corrected chi connectivity index (χ1v) is 8.76. The third-order valence-corrected chi connectivity index (χ3v) is 5.23. The second kappa shape index (κ2) is 6.55. The zero-order valence-electron chi connectivity index (χ0n) is 14.9. The minimum absolute atomic E-state index is 0.0122. The van der Waals surface area contributed by atoms with Crippen molar-refractivity contribution in [3.63, 3.8) is 0 Å². The Hall–Kier alpha value is -2.95. The highest BCUT2D eigenvalue weighted by Crippen LogP contribution is 2.49. The largest absolute Gasteiger partial charge is 0.420 e. The summed E-state index contributed by atoms with van der Waals surface area (Å²) in [4.78, 5) is 24.0. The number of benzene rings is 1. The molecule has 0 spiro atoms. The lowest BCUT2D eigenvalue weighted by Gasteiger charge is -2.36. The van der Waals surface area contributed by atoms with Crippen LogP contribution in [-0.2, 0) is 17.5 Å². The summed E-state index contributed by atoms with van der Waals surface area (Å²) in [7, 11) is 0. The summed E-state index contributed by atoms with van der Waals surface area (Å²) < 4.78 is 60.5. The summed E-state index contributed by atoms with van der Waals surface area (Å²) in [6.07, 6.45) is -2.80. The van der Waals surface area contributed by atoms with Crippen LogP contribution in [0.5, 0.6) is 0 Å². The van der Waals surface area contributed by atoms with Crippen LogP contribution in [0.2, 0.25) is 0 Å². The molecule has 2 aromatic rings. The maximum Gasteiger partial charge on any atom is 0.420 e. The van der Waals surface area contributed by atoms with E-state index in [1.165, 1.54) is 0 Å². The molecule has 2 aliphatic heterocycles. The fourth-order valence-electron chi connectivity index (χ4n) is 3.90. The Balaban J connectivity index is 1.65. The highest BCUT2D eigenvalue weighted by molar-refractivity contribution is 6.05. The topological polar surface area (TPSA) is 99.2 Å². The highest BCUT2D eigenvalue weighted by Gasteiger charge is 2.53. The Bertz CT molecular complexity index is 990. The summed E-state index contributed by atoms with van der Waals surface area (Å²) in [5.41, 5.74) is 1.99. The van der Waals surface area contributed by atoms with E-state index in [1.54, 1.807) is 0 Å². The van der Waals surface area contributed by atoms with E-state index in [2.05, 4.69) is 10.4 Å². The number of nitrogens with one attached hydrogen (secondary N) is 1. The summed E-state index contributed by atoms with van der Waals surface area (Å²) in [6, 6.07) is 2.96. The number of nitrogens with two attached hydrogens (primary N) is 1. The van der Waals surface area contributed by atoms with Gasteiger partial charge in [0.1, 0.15) is 17.1 Å². The van der Waals surface area contributed by atoms with Gasteiger partial charge in [-0.1, -0.05) is 0 Å². The summed E-state index contributed by atoms with van der Waals surface area (Å²) in [5.74, 6) is -2.69. The summed E-state index contributed by atoms with van der Waals surface area (Å²) in [6.45, 7) is 0.554. The highest BCUT2D eigenvalue weighted by atomic mass is 19.4. The maximum absolute atomic E-state index is 13.6. The van der Waals surface area contributed by atoms with Crippen molar-refractivity contribution in [3.05, 3.63) is 47.0 Å². The van der Waals surface area contributed by atoms with Gasteiger partial charge in [0.15, 0.2) is 0 Å². The first-order valence-electron chi connectivity index (χ1n) is 8.76. The SMILES string of the molecule is NC(=O)c1cc(NC(=O)c2c(C(F)(F)F)cnn2CC23CC(CO2)C3)ccc1F. The normalized spacial score (nSPS) is 23.0. The van der Waals surface area contributed by atoms with Gasteiger partial charge in [-0.3, -0.25) is 14.3 Å². The number of carbonyl (C=O) groups is 2. The van der Waals surface area contributed by atoms with Gasteiger partial charge in [-0.15, -0.1) is 0 Å². The number of aromatic nitrogens is 2. The Kier molecular flexibility index (Phi) is 4.37. The molecule has 1 aromatic carbocycles. The average molecular weight is 412 g/mol. The number of nitrogens with zero attached hydrogens (tertiary/aromatic N) is 2. The summed E-state index contributed by atoms with van der Waals surface area (Å²) in [5, 5.41) is 6.02. The lowest BCUT2D eigenvalue weighted by atomic mass is 9.74. The summed E-state index contributed by atoms with van der Waals surface area (Å²) >= 11 is 0. The van der Waals surface area contributed by atoms with Gasteiger partial charge in [0, 0.05) is 5.69 Å². The molecule has 3 N–H and O–H groups in total. The van der Waals surface area contributed by atoms with E-state index in [4.69, 9.17) is 10.5 Å². The van der Waals surface area contributed by atoms with Crippen molar-refractivity contribution in [2.45, 2.75) is 31.2 Å². The number of halogens is 4. The van der Waals surface area contributed by atoms with E-state index in [9.17, 15) is 27.2 Å². The molecule has 3 heterocycles. The lowest BCUT2D eigenvalue weighted by molar-refractivity contribution is -0.138. The van der Waals surface area contributed by atoms with Crippen LogP contribution in [0.4, 0.5) is 23.2 Å². The third-order valence-electron chi connectivity index (χ3n) is 5.23. The van der Waals surface area contributed by atoms with Crippen LogP contribution in [-0.4, -0.2) is 33.8 Å². The molecular formula is C18H16F4N4O3. The van der Waals surface area contributed by atoms with Crippen LogP contribution in [0.25, 0.3) is 0 Å². The molecule has 5 rings (SSSR count). The van der Waals surface area contributed by atoms with Crippen LogP contribution >= 0.6 is 0 Å². The monoisotopic (exact) mass is 412 g/mol. The number of hydrogen-bond donors (Lipinski definition) is 2. The average Bonchev–Trinajstić information content (AvgIpc) is 3.30. The van der Waals surface area contributed by atoms with E-state index < -0.39 is 46.2 Å². The fourth-order valence-corrected chi connectivity index (χ4v) is 3.90. The molecule has 7 nitrogen and oxygen atoms in total. The molecule has 2 bridgehead atoms. The zero-order chi connectivity index (χ0) is 21.0. The predicted molar refractivity (Wildman–Crippen MR) is 91.5 cm³/mol. The van der Waals surface area contributed by atoms with Crippen LogP contribution in [0.1, 0.15) is 39.3 Å². The molecule has 11 heteroatoms. The van der Waals surface area contributed by atoms with E-state index in [0.717, 1.165) is 22.9 Å². The molecule has 1 saturated carbocycles. The molecule has 0 atom stereocenters. The van der Waals surface area contributed by atoms with Gasteiger partial charge < -0.3 is 15.8 Å². The molecular weight excluding hydrogens is 396 g/mol. The van der Waals surface area contributed by atoms with Gasteiger partial charge in [-0.25, -0.2) is 4.39 Å². The van der Waals surface area contributed by atoms with Crippen molar-refractivity contribution in [2.24, 2.45) is 11.7 Å². The second-order valence-corrected chi connectivity index (χ2v) is 7.34. The zero-order valence-corrected chi connectivity index (χ0v) is 14.9. The standard InChI is InChI=1S/C18H16F4N4O3/c19-13-2-1-10(3-11(13)15(23)27)25-16(28)14-12(18(20,21)22)6-24-26(14)8-17-4-9(5-17)7-29-17/h1-3,6,9H,4-5,7-8H2,(H2,23,27)(H,25,28). The number of carbonyl (C=O) groups excluding carboxylic acids is 2. The predicted octanol–water partition coefficient (Wildman–Crippen LogP) is 2.57. The van der Waals surface area contributed by atoms with Crippen molar-refractivity contribution in [3.8, 4) is 0 Å². The Morgan fingerprint density at radius 2 is 2.07 bits per heavy atom. The first-order chi connectivity index (χ1) is 13.6. The van der Waals surface area contributed by atoms with Crippen molar-refractivity contribution >= 4 is 17.5 Å². The minimum Gasteiger partial charge on any atom is -0.373 e. The molecule has 154 valence electrons. The second-order valence-electron chi connectivity index (χ2n) is 7.34. The molecule has 2 amide bonds. The van der Waals surface area contributed by atoms with Gasteiger partial charge in [0.05, 0.1) is 30.5 Å². The number of primary amides is 1. The van der Waals surface area contributed by atoms with Gasteiger partial charge in [-0.05, 0) is 37.0 Å². The van der Waals surface area contributed by atoms with Gasteiger partial charge in [-0.2, -0.15) is 18.3 Å². The van der Waals surface area contributed by atoms with Crippen LogP contribution < -0.4 is 11.1 Å². The quantitative estimate of drug-likeness (QED) is 0.738. The number of ether oxygens (including phenoxy) is 1. The number of fused-ring (bicyclic) bond motifs is 1. The fraction of sp³-hybridized carbons (Fsp3) is 0.389. The van der Waals surface area contributed by atoms with Gasteiger partial charge in [0.2, 0.25) is 0 Å². The van der Waals surface area contributed by atoms with Crippen LogP contribution in [0.3, 0.4) is 0 Å². The molecule has 1 aliphatic carbocycles. The van der Waals surface area contributed by atoms with Crippen molar-refractivity contribution < 1.29 is 31.9 Å². The van der Waals surface area contributed by atoms with E-state index >= 15 is 0 Å². The van der Waals surface area contributed by atoms with E-state index in [1.807, 2.05) is 0 Å². The Labute approximate surface area is 161 Å². The van der Waals surface area contributed by atoms with Gasteiger partial charge in [0.25, 0.3) is 11.8 Å². The Morgan fingerprint density at radius 3 is 2.66 bits per heavy atom. The molecule has 3 fully saturated rings. The van der Waals surface area contributed by atoms with Crippen molar-refractivity contribution in [2.75, 3.05) is 11.9 Å². The number of anilines is 1. The minimum atomic E-state index is -4.80. The van der Waals surface area contributed by atoms with Crippen molar-refractivity contribution in [1.82, 2.24) is 9.78 Å². The van der Waals surface area contributed by atoms with Crippen LogP contribution in [0.15, 0.2) is 24.4 Å². The van der Waals surface area contributed by atoms with E-state index in [0.29, 0.717) is 31.6 Å². The Morgan fingerprint density at radius 1 is 1.34 bits per heavy atom. The number of alkyl halides is 3. The van der Waals surface area contributed by atoms with Gasteiger partial charge >= 0.3 is 6.18 Å². The molecule has 29 heavy (non-hydrogen) atoms. The molecule has 1 aromatic heterocycles. The smallest absolute Gasteiger partial charge is 0.373 e. The number of rotatable bonds is 5. The lowest BCUT2D eigenvalue weighted by Crippen LogP contribution is -2.42. The maximum atomic E-state index is 13.6. The molecule has 2 saturated heterocycles.